The fourth-order valence-corrected chi connectivity index (χ4v) is 2.70. The number of hydrogen-bond acceptors (Lipinski definition) is 4. The quantitative estimate of drug-likeness (QED) is 0.678. The Morgan fingerprint density at radius 2 is 2.00 bits per heavy atom. The second-order valence-electron chi connectivity index (χ2n) is 3.47. The Kier molecular flexibility index (Phi) is 3.88. The highest BCUT2D eigenvalue weighted by atomic mass is 79.9. The van der Waals surface area contributed by atoms with Crippen molar-refractivity contribution in [2.75, 3.05) is 0 Å². The number of halogens is 1. The van der Waals surface area contributed by atoms with Crippen molar-refractivity contribution in [2.24, 2.45) is 0 Å². The Balaban J connectivity index is 2.37. The predicted octanol–water partition coefficient (Wildman–Crippen LogP) is 4.21. The van der Waals surface area contributed by atoms with Gasteiger partial charge in [-0.2, -0.15) is 0 Å². The summed E-state index contributed by atoms with van der Waals surface area (Å²) in [5.74, 6) is 0.139. The minimum absolute atomic E-state index is 0.0396. The van der Waals surface area contributed by atoms with Gasteiger partial charge in [0.05, 0.1) is 9.82 Å². The monoisotopic (exact) mass is 325 g/mol. The first-order valence-electron chi connectivity index (χ1n) is 4.97. The number of nitrogens with zero attached hydrogens (tertiary/aromatic N) is 1. The van der Waals surface area contributed by atoms with E-state index in [4.69, 9.17) is 0 Å². The van der Waals surface area contributed by atoms with Gasteiger partial charge in [0.25, 0.3) is 5.69 Å². The smallest absolute Gasteiger partial charge is 0.284 e. The summed E-state index contributed by atoms with van der Waals surface area (Å²) in [6.45, 7) is 0. The minimum atomic E-state index is -0.421. The number of hydrogen-bond donors (Lipinski definition) is 1. The van der Waals surface area contributed by atoms with E-state index in [0.717, 1.165) is 4.90 Å². The zero-order valence-corrected chi connectivity index (χ0v) is 11.4. The van der Waals surface area contributed by atoms with Gasteiger partial charge in [-0.3, -0.25) is 10.1 Å². The average Bonchev–Trinajstić information content (AvgIpc) is 2.31. The molecule has 1 N–H and O–H groups in total. The zero-order valence-electron chi connectivity index (χ0n) is 9.04. The molecule has 0 fully saturated rings. The molecular weight excluding hydrogens is 318 g/mol. The summed E-state index contributed by atoms with van der Waals surface area (Å²) < 4.78 is 0.662. The minimum Gasteiger partial charge on any atom is -0.508 e. The van der Waals surface area contributed by atoms with E-state index in [1.54, 1.807) is 36.4 Å². The van der Waals surface area contributed by atoms with Crippen LogP contribution in [0.25, 0.3) is 0 Å². The number of nitro groups is 1. The number of aromatic hydroxyl groups is 1. The lowest BCUT2D eigenvalue weighted by Gasteiger charge is -2.04. The lowest BCUT2D eigenvalue weighted by Crippen LogP contribution is -1.90. The third-order valence-corrected chi connectivity index (χ3v) is 3.71. The highest BCUT2D eigenvalue weighted by Gasteiger charge is 2.15. The van der Waals surface area contributed by atoms with E-state index >= 15 is 0 Å². The molecule has 0 amide bonds. The average molecular weight is 326 g/mol. The van der Waals surface area contributed by atoms with Crippen LogP contribution in [0.3, 0.4) is 0 Å². The molecule has 0 heterocycles. The Morgan fingerprint density at radius 3 is 2.67 bits per heavy atom. The van der Waals surface area contributed by atoms with Gasteiger partial charge in [-0.1, -0.05) is 33.8 Å². The third-order valence-electron chi connectivity index (χ3n) is 2.16. The van der Waals surface area contributed by atoms with Crippen molar-refractivity contribution < 1.29 is 10.0 Å². The van der Waals surface area contributed by atoms with Crippen molar-refractivity contribution in [1.82, 2.24) is 0 Å². The van der Waals surface area contributed by atoms with Crippen LogP contribution in [0.1, 0.15) is 0 Å². The highest BCUT2D eigenvalue weighted by molar-refractivity contribution is 9.10. The van der Waals surface area contributed by atoms with Crippen molar-refractivity contribution in [2.45, 2.75) is 9.79 Å². The van der Waals surface area contributed by atoms with Gasteiger partial charge in [0.15, 0.2) is 0 Å². The van der Waals surface area contributed by atoms with Gasteiger partial charge >= 0.3 is 0 Å². The first-order valence-corrected chi connectivity index (χ1v) is 6.58. The summed E-state index contributed by atoms with van der Waals surface area (Å²) in [5.41, 5.74) is 0.0396. The van der Waals surface area contributed by atoms with E-state index in [1.165, 1.54) is 17.8 Å². The van der Waals surface area contributed by atoms with Crippen molar-refractivity contribution in [1.29, 1.82) is 0 Å². The molecule has 0 aliphatic heterocycles. The van der Waals surface area contributed by atoms with Crippen LogP contribution in [0.15, 0.2) is 56.7 Å². The fourth-order valence-electron chi connectivity index (χ4n) is 1.39. The Hall–Kier alpha value is -1.53. The van der Waals surface area contributed by atoms with Crippen molar-refractivity contribution in [3.05, 3.63) is 57.1 Å². The molecule has 2 rings (SSSR count). The van der Waals surface area contributed by atoms with Crippen LogP contribution in [-0.2, 0) is 0 Å². The molecule has 18 heavy (non-hydrogen) atoms. The number of benzene rings is 2. The largest absolute Gasteiger partial charge is 0.508 e. The summed E-state index contributed by atoms with van der Waals surface area (Å²) in [4.78, 5) is 11.8. The van der Waals surface area contributed by atoms with Gasteiger partial charge in [-0.25, -0.2) is 0 Å². The number of rotatable bonds is 3. The molecule has 2 aromatic rings. The molecule has 0 aliphatic rings. The molecule has 2 aromatic carbocycles. The predicted molar refractivity (Wildman–Crippen MR) is 73.0 cm³/mol. The molecule has 0 unspecified atom stereocenters. The molecule has 0 saturated carbocycles. The Bertz CT molecular complexity index is 604. The van der Waals surface area contributed by atoms with Crippen LogP contribution >= 0.6 is 27.7 Å². The molecule has 6 heteroatoms. The van der Waals surface area contributed by atoms with Gasteiger partial charge in [-0.15, -0.1) is 0 Å². The van der Waals surface area contributed by atoms with Gasteiger partial charge in [0.1, 0.15) is 5.75 Å². The topological polar surface area (TPSA) is 63.4 Å². The van der Waals surface area contributed by atoms with Crippen molar-refractivity contribution in [3.63, 3.8) is 0 Å². The van der Waals surface area contributed by atoms with Gasteiger partial charge < -0.3 is 5.11 Å². The first kappa shape index (κ1) is 12.9. The number of phenolic OH excluding ortho intramolecular Hbond substituents is 1. The molecular formula is C12H8BrNO3S. The van der Waals surface area contributed by atoms with E-state index in [9.17, 15) is 15.2 Å². The van der Waals surface area contributed by atoms with E-state index < -0.39 is 4.92 Å². The van der Waals surface area contributed by atoms with Crippen LogP contribution in [0.5, 0.6) is 5.75 Å². The molecule has 4 nitrogen and oxygen atoms in total. The maximum Gasteiger partial charge on any atom is 0.284 e. The highest BCUT2D eigenvalue weighted by Crippen LogP contribution is 2.37. The lowest BCUT2D eigenvalue weighted by molar-refractivity contribution is -0.387. The van der Waals surface area contributed by atoms with Crippen LogP contribution in [-0.4, -0.2) is 10.0 Å². The Morgan fingerprint density at radius 1 is 1.22 bits per heavy atom. The molecule has 0 bridgehead atoms. The SMILES string of the molecule is O=[N+]([O-])c1cc(Br)ccc1Sc1cccc(O)c1. The summed E-state index contributed by atoms with van der Waals surface area (Å²) in [7, 11) is 0. The summed E-state index contributed by atoms with van der Waals surface area (Å²) >= 11 is 4.45. The van der Waals surface area contributed by atoms with Crippen LogP contribution < -0.4 is 0 Å². The Labute approximate surface area is 116 Å². The fraction of sp³-hybridized carbons (Fsp3) is 0. The summed E-state index contributed by atoms with van der Waals surface area (Å²) in [6, 6.07) is 11.5. The zero-order chi connectivity index (χ0) is 13.1. The van der Waals surface area contributed by atoms with Crippen LogP contribution in [0.4, 0.5) is 5.69 Å². The number of phenols is 1. The van der Waals surface area contributed by atoms with Crippen LogP contribution in [0.2, 0.25) is 0 Å². The molecule has 0 radical (unpaired) electrons. The molecule has 0 saturated heterocycles. The lowest BCUT2D eigenvalue weighted by atomic mass is 10.3. The maximum absolute atomic E-state index is 11.0. The molecule has 0 atom stereocenters. The molecule has 0 aliphatic carbocycles. The number of nitro benzene ring substituents is 1. The van der Waals surface area contributed by atoms with E-state index in [2.05, 4.69) is 15.9 Å². The van der Waals surface area contributed by atoms with Gasteiger partial charge in [0.2, 0.25) is 0 Å². The van der Waals surface area contributed by atoms with Crippen molar-refractivity contribution >= 4 is 33.4 Å². The molecule has 0 aromatic heterocycles. The van der Waals surface area contributed by atoms with E-state index in [1.807, 2.05) is 0 Å². The molecule has 92 valence electrons. The second kappa shape index (κ2) is 5.41. The standard InChI is InChI=1S/C12H8BrNO3S/c13-8-4-5-12(11(6-8)14(16)17)18-10-3-1-2-9(15)7-10/h1-7,15H. The van der Waals surface area contributed by atoms with Gasteiger partial charge in [-0.05, 0) is 30.3 Å². The third kappa shape index (κ3) is 3.02. The normalized spacial score (nSPS) is 10.3. The van der Waals surface area contributed by atoms with E-state index in [-0.39, 0.29) is 11.4 Å². The van der Waals surface area contributed by atoms with Crippen molar-refractivity contribution in [3.8, 4) is 5.75 Å². The first-order chi connectivity index (χ1) is 8.56. The van der Waals surface area contributed by atoms with Crippen LogP contribution in [0, 0.1) is 10.1 Å². The second-order valence-corrected chi connectivity index (χ2v) is 5.50. The van der Waals surface area contributed by atoms with Gasteiger partial charge in [0, 0.05) is 15.4 Å². The maximum atomic E-state index is 11.0. The summed E-state index contributed by atoms with van der Waals surface area (Å²) in [6.07, 6.45) is 0. The summed E-state index contributed by atoms with van der Waals surface area (Å²) in [5, 5.41) is 20.3. The molecule has 0 spiro atoms. The van der Waals surface area contributed by atoms with E-state index in [0.29, 0.717) is 9.37 Å².